The molecule has 0 bridgehead atoms. The third-order valence-electron chi connectivity index (χ3n) is 1.14. The first-order valence-electron chi connectivity index (χ1n) is 3.20. The summed E-state index contributed by atoms with van der Waals surface area (Å²) in [5, 5.41) is 3.33. The van der Waals surface area contributed by atoms with E-state index in [0.717, 1.165) is 11.9 Å². The van der Waals surface area contributed by atoms with E-state index >= 15 is 0 Å². The Kier molecular flexibility index (Phi) is 3.54. The first-order chi connectivity index (χ1) is 5.58. The predicted molar refractivity (Wildman–Crippen MR) is 53.5 cm³/mol. The highest BCUT2D eigenvalue weighted by molar-refractivity contribution is 9.25. The van der Waals surface area contributed by atoms with Crippen LogP contribution in [0.15, 0.2) is 9.63 Å². The number of carbonyl (C=O) groups excluding carboxylic acids is 1. The summed E-state index contributed by atoms with van der Waals surface area (Å²) in [6, 6.07) is 0. The van der Waals surface area contributed by atoms with Crippen molar-refractivity contribution in [2.24, 2.45) is 9.63 Å². The summed E-state index contributed by atoms with van der Waals surface area (Å²) in [5.41, 5.74) is 0. The highest BCUT2D eigenvalue weighted by Gasteiger charge is 2.45. The molecular weight excluding hydrogens is 312 g/mol. The van der Waals surface area contributed by atoms with Crippen LogP contribution in [0.5, 0.6) is 0 Å². The molecule has 0 amide bonds. The van der Waals surface area contributed by atoms with Crippen LogP contribution in [-0.4, -0.2) is 21.2 Å². The average molecular weight is 318 g/mol. The molecule has 1 aliphatic heterocycles. The van der Waals surface area contributed by atoms with Crippen molar-refractivity contribution < 1.29 is 9.53 Å². The van der Waals surface area contributed by atoms with Gasteiger partial charge in [-0.15, -0.1) is 9.63 Å². The molecule has 0 saturated heterocycles. The van der Waals surface area contributed by atoms with Crippen LogP contribution in [0.25, 0.3) is 0 Å². The Labute approximate surface area is 90.9 Å². The standard InChI is InChI=1S/C5H6Br2N2O2S/c1-2-11-4(10)3-5(6,7)8-9-12-3/h3H,2H2,1H3. The number of alkyl halides is 2. The zero-order valence-corrected chi connectivity index (χ0v) is 10.1. The second kappa shape index (κ2) is 4.06. The van der Waals surface area contributed by atoms with Gasteiger partial charge in [-0.25, -0.2) is 0 Å². The van der Waals surface area contributed by atoms with Crippen LogP contribution in [0.3, 0.4) is 0 Å². The molecule has 0 aromatic rings. The maximum absolute atomic E-state index is 11.2. The number of halogens is 2. The minimum absolute atomic E-state index is 0.318. The topological polar surface area (TPSA) is 51.0 Å². The number of esters is 1. The van der Waals surface area contributed by atoms with Crippen molar-refractivity contribution in [3.63, 3.8) is 0 Å². The molecule has 0 radical (unpaired) electrons. The molecule has 0 saturated carbocycles. The number of rotatable bonds is 2. The van der Waals surface area contributed by atoms with E-state index in [1.807, 2.05) is 0 Å². The van der Waals surface area contributed by atoms with Crippen LogP contribution >= 0.6 is 43.8 Å². The van der Waals surface area contributed by atoms with E-state index in [0.29, 0.717) is 6.61 Å². The maximum atomic E-state index is 11.2. The molecule has 7 heteroatoms. The maximum Gasteiger partial charge on any atom is 0.325 e. The third kappa shape index (κ3) is 2.20. The molecule has 0 spiro atoms. The van der Waals surface area contributed by atoms with Crippen molar-refractivity contribution in [2.45, 2.75) is 15.5 Å². The lowest BCUT2D eigenvalue weighted by atomic mass is 10.4. The van der Waals surface area contributed by atoms with Gasteiger partial charge in [0, 0.05) is 11.9 Å². The molecule has 12 heavy (non-hydrogen) atoms. The van der Waals surface area contributed by atoms with E-state index in [2.05, 4.69) is 41.5 Å². The molecule has 1 atom stereocenters. The molecule has 0 N–H and O–H groups in total. The van der Waals surface area contributed by atoms with Gasteiger partial charge in [-0.3, -0.25) is 4.79 Å². The Morgan fingerprint density at radius 1 is 1.75 bits per heavy atom. The van der Waals surface area contributed by atoms with Gasteiger partial charge in [0.25, 0.3) is 0 Å². The SMILES string of the molecule is CCOC(=O)C1SN=NC1(Br)Br. The molecule has 1 heterocycles. The Morgan fingerprint density at radius 3 is 2.83 bits per heavy atom. The van der Waals surface area contributed by atoms with Crippen LogP contribution < -0.4 is 0 Å². The van der Waals surface area contributed by atoms with Gasteiger partial charge in [0.15, 0.2) is 5.25 Å². The summed E-state index contributed by atoms with van der Waals surface area (Å²) in [6.07, 6.45) is 0. The quantitative estimate of drug-likeness (QED) is 0.340. The van der Waals surface area contributed by atoms with E-state index < -0.39 is 8.61 Å². The number of nitrogens with zero attached hydrogens (tertiary/aromatic N) is 2. The number of hydrogen-bond donors (Lipinski definition) is 0. The minimum Gasteiger partial charge on any atom is -0.465 e. The molecule has 0 aromatic heterocycles. The molecule has 1 aliphatic rings. The van der Waals surface area contributed by atoms with E-state index in [1.54, 1.807) is 6.92 Å². The molecule has 68 valence electrons. The summed E-state index contributed by atoms with van der Waals surface area (Å²) in [6.45, 7) is 2.13. The van der Waals surface area contributed by atoms with Crippen LogP contribution in [0.2, 0.25) is 0 Å². The van der Waals surface area contributed by atoms with Crippen LogP contribution in [0.1, 0.15) is 6.92 Å². The van der Waals surface area contributed by atoms with Gasteiger partial charge in [-0.1, -0.05) is 0 Å². The van der Waals surface area contributed by atoms with Crippen molar-refractivity contribution in [2.75, 3.05) is 6.61 Å². The van der Waals surface area contributed by atoms with E-state index in [9.17, 15) is 4.79 Å². The number of carbonyl (C=O) groups is 1. The summed E-state index contributed by atoms with van der Waals surface area (Å²) in [7, 11) is 0. The summed E-state index contributed by atoms with van der Waals surface area (Å²) >= 11 is 7.52. The molecule has 0 fully saturated rings. The number of ether oxygens (including phenoxy) is 1. The molecule has 0 aromatic carbocycles. The summed E-state index contributed by atoms with van der Waals surface area (Å²) < 4.78 is 7.69. The smallest absolute Gasteiger partial charge is 0.325 e. The molecule has 0 aliphatic carbocycles. The van der Waals surface area contributed by atoms with Gasteiger partial charge in [-0.05, 0) is 38.8 Å². The fraction of sp³-hybridized carbons (Fsp3) is 0.800. The highest BCUT2D eigenvalue weighted by Crippen LogP contribution is 2.45. The fourth-order valence-electron chi connectivity index (χ4n) is 0.644. The highest BCUT2D eigenvalue weighted by atomic mass is 79.9. The van der Waals surface area contributed by atoms with Crippen molar-refractivity contribution >= 4 is 49.8 Å². The van der Waals surface area contributed by atoms with Gasteiger partial charge in [0.05, 0.1) is 6.61 Å². The first kappa shape index (κ1) is 10.5. The molecule has 4 nitrogen and oxygen atoms in total. The second-order valence-corrected chi connectivity index (χ2v) is 6.33. The Balaban J connectivity index is 2.60. The largest absolute Gasteiger partial charge is 0.465 e. The average Bonchev–Trinajstić information content (AvgIpc) is 2.30. The normalized spacial score (nSPS) is 25.8. The monoisotopic (exact) mass is 316 g/mol. The Bertz CT molecular complexity index is 221. The van der Waals surface area contributed by atoms with Gasteiger partial charge < -0.3 is 4.74 Å². The fourth-order valence-corrected chi connectivity index (χ4v) is 2.49. The van der Waals surface area contributed by atoms with Gasteiger partial charge in [0.2, 0.25) is 3.36 Å². The van der Waals surface area contributed by atoms with Crippen molar-refractivity contribution in [1.29, 1.82) is 0 Å². The predicted octanol–water partition coefficient (Wildman–Crippen LogP) is 2.48. The first-order valence-corrected chi connectivity index (χ1v) is 5.62. The Morgan fingerprint density at radius 2 is 2.42 bits per heavy atom. The lowest BCUT2D eigenvalue weighted by Crippen LogP contribution is -2.31. The zero-order valence-electron chi connectivity index (χ0n) is 6.16. The van der Waals surface area contributed by atoms with Crippen molar-refractivity contribution in [3.05, 3.63) is 0 Å². The second-order valence-electron chi connectivity index (χ2n) is 2.01. The van der Waals surface area contributed by atoms with E-state index in [1.165, 1.54) is 0 Å². The van der Waals surface area contributed by atoms with E-state index in [-0.39, 0.29) is 5.97 Å². The van der Waals surface area contributed by atoms with Gasteiger partial charge in [-0.2, -0.15) is 0 Å². The van der Waals surface area contributed by atoms with Gasteiger partial charge in [0.1, 0.15) is 0 Å². The molecule has 1 rings (SSSR count). The van der Waals surface area contributed by atoms with E-state index in [4.69, 9.17) is 4.74 Å². The number of hydrogen-bond acceptors (Lipinski definition) is 5. The zero-order chi connectivity index (χ0) is 9.19. The Hall–Kier alpha value is 0.380. The van der Waals surface area contributed by atoms with Crippen LogP contribution in [-0.2, 0) is 9.53 Å². The molecular formula is C5H6Br2N2O2S. The van der Waals surface area contributed by atoms with Gasteiger partial charge >= 0.3 is 5.97 Å². The lowest BCUT2D eigenvalue weighted by molar-refractivity contribution is -0.142. The minimum atomic E-state index is -0.795. The van der Waals surface area contributed by atoms with Crippen LogP contribution in [0.4, 0.5) is 0 Å². The third-order valence-corrected chi connectivity index (χ3v) is 3.90. The summed E-state index contributed by atoms with van der Waals surface area (Å²) in [5.74, 6) is -0.318. The van der Waals surface area contributed by atoms with Crippen molar-refractivity contribution in [3.8, 4) is 0 Å². The summed E-state index contributed by atoms with van der Waals surface area (Å²) in [4.78, 5) is 11.2. The van der Waals surface area contributed by atoms with Crippen molar-refractivity contribution in [1.82, 2.24) is 0 Å². The molecule has 1 unspecified atom stereocenters. The lowest BCUT2D eigenvalue weighted by Gasteiger charge is -2.15. The van der Waals surface area contributed by atoms with Crippen LogP contribution in [0, 0.1) is 0 Å².